The van der Waals surface area contributed by atoms with Crippen LogP contribution in [0.2, 0.25) is 0 Å². The van der Waals surface area contributed by atoms with E-state index >= 15 is 0 Å². The predicted octanol–water partition coefficient (Wildman–Crippen LogP) is -0.0866. The molecule has 1 atom stereocenters. The Kier molecular flexibility index (Phi) is 2.63. The lowest BCUT2D eigenvalue weighted by atomic mass is 10.1. The van der Waals surface area contributed by atoms with Crippen LogP contribution in [0.1, 0.15) is 6.42 Å². The van der Waals surface area contributed by atoms with Crippen molar-refractivity contribution in [3.8, 4) is 0 Å². The normalized spacial score (nSPS) is 32.2. The van der Waals surface area contributed by atoms with Gasteiger partial charge in [0.15, 0.2) is 0 Å². The summed E-state index contributed by atoms with van der Waals surface area (Å²) in [6.45, 7) is 6.51. The van der Waals surface area contributed by atoms with Crippen molar-refractivity contribution in [3.05, 3.63) is 0 Å². The minimum absolute atomic E-state index is 0.756. The zero-order valence-corrected chi connectivity index (χ0v) is 7.54. The molecule has 0 spiro atoms. The quantitative estimate of drug-likeness (QED) is 0.643. The van der Waals surface area contributed by atoms with Gasteiger partial charge in [0.25, 0.3) is 0 Å². The Morgan fingerprint density at radius 3 is 2.67 bits per heavy atom. The maximum atomic E-state index is 5.62. The van der Waals surface area contributed by atoms with Crippen LogP contribution in [-0.2, 0) is 4.74 Å². The van der Waals surface area contributed by atoms with E-state index in [4.69, 9.17) is 10.5 Å². The molecule has 0 amide bonds. The van der Waals surface area contributed by atoms with Crippen molar-refractivity contribution >= 4 is 0 Å². The molecule has 2 heterocycles. The Morgan fingerprint density at radius 2 is 2.17 bits per heavy atom. The molecule has 0 radical (unpaired) electrons. The first-order valence-corrected chi connectivity index (χ1v) is 4.88. The molecule has 3 nitrogen and oxygen atoms in total. The largest absolute Gasteiger partial charge is 0.381 e. The zero-order chi connectivity index (χ0) is 8.39. The van der Waals surface area contributed by atoms with Crippen LogP contribution in [-0.4, -0.2) is 44.3 Å². The number of likely N-dealkylation sites (tertiary alicyclic amines) is 1. The molecule has 12 heavy (non-hydrogen) atoms. The van der Waals surface area contributed by atoms with Gasteiger partial charge < -0.3 is 15.4 Å². The Bertz CT molecular complexity index is 147. The molecule has 0 bridgehead atoms. The van der Waals surface area contributed by atoms with Gasteiger partial charge in [0.1, 0.15) is 0 Å². The fourth-order valence-corrected chi connectivity index (χ4v) is 2.03. The van der Waals surface area contributed by atoms with Crippen LogP contribution in [0.15, 0.2) is 0 Å². The fraction of sp³-hybridized carbons (Fsp3) is 1.00. The highest BCUT2D eigenvalue weighted by Crippen LogP contribution is 2.19. The summed E-state index contributed by atoms with van der Waals surface area (Å²) in [5, 5.41) is 0. The van der Waals surface area contributed by atoms with Gasteiger partial charge in [-0.1, -0.05) is 0 Å². The van der Waals surface area contributed by atoms with Crippen LogP contribution < -0.4 is 5.73 Å². The summed E-state index contributed by atoms with van der Waals surface area (Å²) in [6.07, 6.45) is 1.30. The lowest BCUT2D eigenvalue weighted by Crippen LogP contribution is -2.38. The molecule has 1 unspecified atom stereocenters. The standard InChI is InChI=1S/C9H18N2O/c10-3-8-1-2-11(4-8)5-9-6-12-7-9/h8-9H,1-7,10H2. The summed E-state index contributed by atoms with van der Waals surface area (Å²) >= 11 is 0. The van der Waals surface area contributed by atoms with Crippen LogP contribution in [0, 0.1) is 11.8 Å². The molecule has 2 aliphatic rings. The summed E-state index contributed by atoms with van der Waals surface area (Å²) in [5.41, 5.74) is 5.62. The van der Waals surface area contributed by atoms with Gasteiger partial charge >= 0.3 is 0 Å². The van der Waals surface area contributed by atoms with Crippen molar-refractivity contribution in [3.63, 3.8) is 0 Å². The van der Waals surface area contributed by atoms with Crippen molar-refractivity contribution in [2.75, 3.05) is 39.4 Å². The number of hydrogen-bond donors (Lipinski definition) is 1. The monoisotopic (exact) mass is 170 g/mol. The molecule has 0 aromatic rings. The van der Waals surface area contributed by atoms with E-state index in [-0.39, 0.29) is 0 Å². The van der Waals surface area contributed by atoms with E-state index in [1.165, 1.54) is 26.1 Å². The van der Waals surface area contributed by atoms with Gasteiger partial charge in [-0.2, -0.15) is 0 Å². The number of hydrogen-bond acceptors (Lipinski definition) is 3. The smallest absolute Gasteiger partial charge is 0.0528 e. The highest BCUT2D eigenvalue weighted by molar-refractivity contribution is 4.79. The molecule has 70 valence electrons. The maximum Gasteiger partial charge on any atom is 0.0528 e. The van der Waals surface area contributed by atoms with Crippen LogP contribution in [0.3, 0.4) is 0 Å². The van der Waals surface area contributed by atoms with Crippen LogP contribution in [0.25, 0.3) is 0 Å². The third-order valence-electron chi connectivity index (χ3n) is 2.93. The van der Waals surface area contributed by atoms with Gasteiger partial charge in [-0.25, -0.2) is 0 Å². The summed E-state index contributed by atoms with van der Waals surface area (Å²) in [7, 11) is 0. The molecule has 3 heteroatoms. The van der Waals surface area contributed by atoms with E-state index in [0.717, 1.165) is 31.6 Å². The second-order valence-corrected chi connectivity index (χ2v) is 4.05. The summed E-state index contributed by atoms with van der Waals surface area (Å²) in [6, 6.07) is 0. The summed E-state index contributed by atoms with van der Waals surface area (Å²) < 4.78 is 5.15. The Labute approximate surface area is 73.9 Å². The highest BCUT2D eigenvalue weighted by Gasteiger charge is 2.26. The molecular formula is C9H18N2O. The number of ether oxygens (including phenoxy) is 1. The van der Waals surface area contributed by atoms with Gasteiger partial charge in [-0.05, 0) is 25.4 Å². The van der Waals surface area contributed by atoms with Crippen LogP contribution in [0.4, 0.5) is 0 Å². The third-order valence-corrected chi connectivity index (χ3v) is 2.93. The van der Waals surface area contributed by atoms with E-state index in [2.05, 4.69) is 4.90 Å². The number of rotatable bonds is 3. The lowest BCUT2D eigenvalue weighted by Gasteiger charge is -2.30. The van der Waals surface area contributed by atoms with Crippen LogP contribution >= 0.6 is 0 Å². The first-order valence-electron chi connectivity index (χ1n) is 4.88. The first kappa shape index (κ1) is 8.48. The molecule has 2 saturated heterocycles. The van der Waals surface area contributed by atoms with E-state index in [1.54, 1.807) is 0 Å². The van der Waals surface area contributed by atoms with Crippen molar-refractivity contribution in [2.45, 2.75) is 6.42 Å². The lowest BCUT2D eigenvalue weighted by molar-refractivity contribution is -0.0442. The van der Waals surface area contributed by atoms with Crippen molar-refractivity contribution in [1.29, 1.82) is 0 Å². The average Bonchev–Trinajstić information content (AvgIpc) is 2.44. The van der Waals surface area contributed by atoms with E-state index in [0.29, 0.717) is 0 Å². The van der Waals surface area contributed by atoms with Crippen molar-refractivity contribution in [2.24, 2.45) is 17.6 Å². The number of nitrogens with zero attached hydrogens (tertiary/aromatic N) is 1. The first-order chi connectivity index (χ1) is 5.88. The predicted molar refractivity (Wildman–Crippen MR) is 47.9 cm³/mol. The van der Waals surface area contributed by atoms with E-state index < -0.39 is 0 Å². The molecule has 2 fully saturated rings. The Morgan fingerprint density at radius 1 is 1.33 bits per heavy atom. The Hall–Kier alpha value is -0.120. The topological polar surface area (TPSA) is 38.5 Å². The maximum absolute atomic E-state index is 5.62. The number of nitrogens with two attached hydrogens (primary N) is 1. The van der Waals surface area contributed by atoms with Crippen molar-refractivity contribution < 1.29 is 4.74 Å². The van der Waals surface area contributed by atoms with Gasteiger partial charge in [-0.15, -0.1) is 0 Å². The third kappa shape index (κ3) is 1.79. The molecule has 0 aliphatic carbocycles. The molecule has 0 aromatic carbocycles. The molecule has 0 aromatic heterocycles. The van der Waals surface area contributed by atoms with Gasteiger partial charge in [0.05, 0.1) is 13.2 Å². The van der Waals surface area contributed by atoms with Gasteiger partial charge in [0.2, 0.25) is 0 Å². The molecule has 2 aliphatic heterocycles. The second-order valence-electron chi connectivity index (χ2n) is 4.05. The summed E-state index contributed by atoms with van der Waals surface area (Å²) in [5.74, 6) is 1.56. The van der Waals surface area contributed by atoms with E-state index in [1.807, 2.05) is 0 Å². The van der Waals surface area contributed by atoms with Gasteiger partial charge in [0, 0.05) is 19.0 Å². The average molecular weight is 170 g/mol. The molecule has 2 rings (SSSR count). The molecular weight excluding hydrogens is 152 g/mol. The van der Waals surface area contributed by atoms with Crippen LogP contribution in [0.5, 0.6) is 0 Å². The second kappa shape index (κ2) is 3.73. The minimum Gasteiger partial charge on any atom is -0.381 e. The molecule has 0 saturated carbocycles. The zero-order valence-electron chi connectivity index (χ0n) is 7.54. The summed E-state index contributed by atoms with van der Waals surface area (Å²) in [4.78, 5) is 2.53. The Balaban J connectivity index is 1.68. The van der Waals surface area contributed by atoms with Crippen molar-refractivity contribution in [1.82, 2.24) is 4.90 Å². The van der Waals surface area contributed by atoms with Gasteiger partial charge in [-0.3, -0.25) is 0 Å². The highest BCUT2D eigenvalue weighted by atomic mass is 16.5. The van der Waals surface area contributed by atoms with E-state index in [9.17, 15) is 0 Å². The fourth-order valence-electron chi connectivity index (χ4n) is 2.03. The molecule has 2 N–H and O–H groups in total. The minimum atomic E-state index is 0.756. The SMILES string of the molecule is NCC1CCN(CC2COC2)C1.